The van der Waals surface area contributed by atoms with Crippen molar-refractivity contribution in [2.45, 2.75) is 26.3 Å². The molecule has 1 aliphatic heterocycles. The minimum atomic E-state index is -0.283. The third-order valence-corrected chi connectivity index (χ3v) is 5.55. The second kappa shape index (κ2) is 7.01. The van der Waals surface area contributed by atoms with Gasteiger partial charge in [0, 0.05) is 25.1 Å². The second-order valence-corrected chi connectivity index (χ2v) is 7.50. The fourth-order valence-corrected chi connectivity index (χ4v) is 3.92. The molecule has 5 heterocycles. The molecule has 4 aromatic rings. The summed E-state index contributed by atoms with van der Waals surface area (Å²) in [6, 6.07) is 6.96. The highest BCUT2D eigenvalue weighted by Crippen LogP contribution is 2.38. The third-order valence-electron chi connectivity index (χ3n) is 5.55. The predicted molar refractivity (Wildman–Crippen MR) is 114 cm³/mol. The molecular weight excluding hydrogens is 396 g/mol. The summed E-state index contributed by atoms with van der Waals surface area (Å²) in [5.74, 6) is 1.37. The number of fused-ring (bicyclic) bond motifs is 1. The van der Waals surface area contributed by atoms with Gasteiger partial charge in [-0.25, -0.2) is 19.1 Å². The van der Waals surface area contributed by atoms with E-state index in [-0.39, 0.29) is 23.3 Å². The Balaban J connectivity index is 1.72. The van der Waals surface area contributed by atoms with E-state index in [9.17, 15) is 9.59 Å². The lowest BCUT2D eigenvalue weighted by molar-refractivity contribution is 0.101. The molecule has 1 saturated heterocycles. The van der Waals surface area contributed by atoms with E-state index >= 15 is 0 Å². The number of anilines is 2. The number of nitrogens with two attached hydrogens (primary N) is 1. The Labute approximate surface area is 177 Å². The zero-order valence-corrected chi connectivity index (χ0v) is 17.1. The van der Waals surface area contributed by atoms with Gasteiger partial charge in [0.2, 0.25) is 5.95 Å². The number of ketones is 1. The molecule has 5 rings (SSSR count). The van der Waals surface area contributed by atoms with Crippen LogP contribution in [0.4, 0.5) is 11.8 Å². The summed E-state index contributed by atoms with van der Waals surface area (Å²) < 4.78 is 3.14. The van der Waals surface area contributed by atoms with Crippen LogP contribution in [0.25, 0.3) is 11.3 Å². The maximum Gasteiger partial charge on any atom is 0.284 e. The van der Waals surface area contributed by atoms with Crippen molar-refractivity contribution >= 4 is 23.1 Å². The van der Waals surface area contributed by atoms with Crippen LogP contribution in [-0.4, -0.2) is 41.5 Å². The number of aryl methyl sites for hydroxylation is 1. The van der Waals surface area contributed by atoms with Gasteiger partial charge in [-0.2, -0.15) is 10.1 Å². The normalized spacial score (nSPS) is 15.8. The first-order valence-electron chi connectivity index (χ1n) is 9.88. The van der Waals surface area contributed by atoms with E-state index in [2.05, 4.69) is 15.0 Å². The van der Waals surface area contributed by atoms with Crippen LogP contribution < -0.4 is 16.2 Å². The minimum absolute atomic E-state index is 0.0808. The van der Waals surface area contributed by atoms with E-state index in [1.54, 1.807) is 29.0 Å². The quantitative estimate of drug-likeness (QED) is 0.499. The molecule has 0 unspecified atom stereocenters. The second-order valence-electron chi connectivity index (χ2n) is 7.50. The number of hydrogen-bond acceptors (Lipinski definition) is 8. The smallest absolute Gasteiger partial charge is 0.284 e. The van der Waals surface area contributed by atoms with Crippen molar-refractivity contribution in [3.05, 3.63) is 70.2 Å². The van der Waals surface area contributed by atoms with Crippen LogP contribution in [0.3, 0.4) is 0 Å². The first-order chi connectivity index (χ1) is 15.0. The van der Waals surface area contributed by atoms with Crippen molar-refractivity contribution in [3.8, 4) is 5.82 Å². The van der Waals surface area contributed by atoms with Crippen LogP contribution in [-0.2, 0) is 0 Å². The van der Waals surface area contributed by atoms with Crippen molar-refractivity contribution in [1.82, 2.24) is 29.1 Å². The zero-order valence-electron chi connectivity index (χ0n) is 17.1. The molecule has 4 aromatic heterocycles. The molecule has 0 radical (unpaired) electrons. The zero-order chi connectivity index (χ0) is 21.7. The molecule has 0 spiro atoms. The molecule has 0 saturated carbocycles. The number of carbonyl (C=O) groups is 1. The van der Waals surface area contributed by atoms with Crippen LogP contribution in [0.15, 0.2) is 47.7 Å². The van der Waals surface area contributed by atoms with Gasteiger partial charge in [-0.05, 0) is 44.0 Å². The van der Waals surface area contributed by atoms with Gasteiger partial charge in [0.25, 0.3) is 5.56 Å². The monoisotopic (exact) mass is 416 g/mol. The van der Waals surface area contributed by atoms with E-state index < -0.39 is 0 Å². The van der Waals surface area contributed by atoms with Gasteiger partial charge in [-0.1, -0.05) is 6.07 Å². The van der Waals surface area contributed by atoms with Gasteiger partial charge in [0.05, 0.1) is 11.6 Å². The van der Waals surface area contributed by atoms with Crippen molar-refractivity contribution in [3.63, 3.8) is 0 Å². The molecule has 0 aliphatic carbocycles. The van der Waals surface area contributed by atoms with Crippen molar-refractivity contribution < 1.29 is 4.79 Å². The topological polar surface area (TPSA) is 124 Å². The summed E-state index contributed by atoms with van der Waals surface area (Å²) in [6.45, 7) is 3.98. The van der Waals surface area contributed by atoms with E-state index in [1.807, 2.05) is 24.0 Å². The lowest BCUT2D eigenvalue weighted by Crippen LogP contribution is -2.46. The largest absolute Gasteiger partial charge is 0.368 e. The highest BCUT2D eigenvalue weighted by Gasteiger charge is 2.37. The number of nitrogen functional groups attached to an aromatic ring is 1. The molecule has 10 heteroatoms. The Hall–Kier alpha value is -4.08. The van der Waals surface area contributed by atoms with E-state index in [0.29, 0.717) is 35.1 Å². The fourth-order valence-electron chi connectivity index (χ4n) is 3.92. The SMILES string of the molecule is CC(=O)c1cnc(N)nc1N1CC[C@H]1c1nn2ccc(C)c2c(=O)n1-c1ccccn1. The molecular formula is C21H20N8O2. The molecule has 1 fully saturated rings. The third kappa shape index (κ3) is 2.95. The molecule has 1 aliphatic rings. The van der Waals surface area contributed by atoms with Gasteiger partial charge in [0.1, 0.15) is 17.2 Å². The number of pyridine rings is 1. The lowest BCUT2D eigenvalue weighted by atomic mass is 10.0. The minimum Gasteiger partial charge on any atom is -0.368 e. The summed E-state index contributed by atoms with van der Waals surface area (Å²) in [4.78, 5) is 40.2. The van der Waals surface area contributed by atoms with Crippen molar-refractivity contribution in [2.24, 2.45) is 0 Å². The number of aromatic nitrogens is 6. The van der Waals surface area contributed by atoms with E-state index in [0.717, 1.165) is 12.0 Å². The Kier molecular flexibility index (Phi) is 4.28. The number of carbonyl (C=O) groups excluding carboxylic acids is 1. The molecule has 31 heavy (non-hydrogen) atoms. The highest BCUT2D eigenvalue weighted by atomic mass is 16.1. The molecule has 10 nitrogen and oxygen atoms in total. The Morgan fingerprint density at radius 1 is 1.23 bits per heavy atom. The van der Waals surface area contributed by atoms with Crippen LogP contribution in [0, 0.1) is 6.92 Å². The van der Waals surface area contributed by atoms with E-state index in [1.165, 1.54) is 17.7 Å². The summed E-state index contributed by atoms with van der Waals surface area (Å²) in [5.41, 5.74) is 7.31. The summed E-state index contributed by atoms with van der Waals surface area (Å²) in [5, 5.41) is 4.77. The average molecular weight is 416 g/mol. The molecule has 2 N–H and O–H groups in total. The number of rotatable bonds is 4. The van der Waals surface area contributed by atoms with Crippen LogP contribution in [0.2, 0.25) is 0 Å². The van der Waals surface area contributed by atoms with Gasteiger partial charge in [-0.15, -0.1) is 0 Å². The Bertz CT molecular complexity index is 1380. The molecule has 156 valence electrons. The van der Waals surface area contributed by atoms with Gasteiger partial charge < -0.3 is 10.6 Å². The molecule has 1 atom stereocenters. The lowest BCUT2D eigenvalue weighted by Gasteiger charge is -2.42. The predicted octanol–water partition coefficient (Wildman–Crippen LogP) is 1.71. The van der Waals surface area contributed by atoms with Crippen molar-refractivity contribution in [1.29, 1.82) is 0 Å². The van der Waals surface area contributed by atoms with E-state index in [4.69, 9.17) is 10.8 Å². The first kappa shape index (κ1) is 18.9. The molecule has 0 amide bonds. The standard InChI is InChI=1S/C21H20N8O2/c1-12-6-10-28-17(12)20(31)29(16-5-3-4-8-23-16)19(26-28)15-7-9-27(15)18-14(13(2)30)11-24-21(22)25-18/h3-6,8,10-11,15H,7,9H2,1-2H3,(H2,22,24,25)/t15-/m0/s1. The summed E-state index contributed by atoms with van der Waals surface area (Å²) in [7, 11) is 0. The maximum atomic E-state index is 13.5. The number of Topliss-reactive ketones (excluding diaryl/α,β-unsaturated/α-hetero) is 1. The fraction of sp³-hybridized carbons (Fsp3) is 0.238. The molecule has 0 bridgehead atoms. The maximum absolute atomic E-state index is 13.5. The molecule has 0 aromatic carbocycles. The first-order valence-corrected chi connectivity index (χ1v) is 9.88. The van der Waals surface area contributed by atoms with Crippen LogP contribution in [0.1, 0.15) is 41.1 Å². The van der Waals surface area contributed by atoms with Gasteiger partial charge in [-0.3, -0.25) is 9.59 Å². The van der Waals surface area contributed by atoms with Gasteiger partial charge >= 0.3 is 0 Å². The van der Waals surface area contributed by atoms with Gasteiger partial charge in [0.15, 0.2) is 11.6 Å². The highest BCUT2D eigenvalue weighted by molar-refractivity contribution is 5.98. The van der Waals surface area contributed by atoms with Crippen LogP contribution in [0.5, 0.6) is 0 Å². The average Bonchev–Trinajstić information content (AvgIpc) is 3.09. The van der Waals surface area contributed by atoms with Crippen LogP contribution >= 0.6 is 0 Å². The summed E-state index contributed by atoms with van der Waals surface area (Å²) in [6.07, 6.45) is 5.57. The van der Waals surface area contributed by atoms with Crippen molar-refractivity contribution in [2.75, 3.05) is 17.2 Å². The Morgan fingerprint density at radius 2 is 2.06 bits per heavy atom. The Morgan fingerprint density at radius 3 is 2.74 bits per heavy atom. The summed E-state index contributed by atoms with van der Waals surface area (Å²) >= 11 is 0. The number of hydrogen-bond donors (Lipinski definition) is 1. The number of nitrogens with zero attached hydrogens (tertiary/aromatic N) is 7.